The zero-order chi connectivity index (χ0) is 19.5. The summed E-state index contributed by atoms with van der Waals surface area (Å²) in [7, 11) is 3.77. The van der Waals surface area contributed by atoms with E-state index in [1.807, 2.05) is 30.2 Å². The van der Waals surface area contributed by atoms with E-state index in [1.165, 1.54) is 18.5 Å². The molecule has 2 aromatic heterocycles. The van der Waals surface area contributed by atoms with Gasteiger partial charge in [-0.25, -0.2) is 9.97 Å². The number of nitrogens with two attached hydrogens (primary N) is 1. The van der Waals surface area contributed by atoms with Crippen LogP contribution in [0.15, 0.2) is 18.5 Å². The number of nitrogens with zero attached hydrogens (tertiary/aromatic N) is 5. The average molecular weight is 385 g/mol. The summed E-state index contributed by atoms with van der Waals surface area (Å²) in [6, 6.07) is 2.75. The van der Waals surface area contributed by atoms with E-state index in [1.54, 1.807) is 7.11 Å². The van der Waals surface area contributed by atoms with Crippen molar-refractivity contribution in [2.24, 2.45) is 18.7 Å². The molecule has 2 aromatic rings. The van der Waals surface area contributed by atoms with Gasteiger partial charge in [-0.15, -0.1) is 0 Å². The Morgan fingerprint density at radius 3 is 2.71 bits per heavy atom. The number of rotatable bonds is 8. The van der Waals surface area contributed by atoms with Gasteiger partial charge in [-0.1, -0.05) is 0 Å². The quantitative estimate of drug-likeness (QED) is 0.753. The normalized spacial score (nSPS) is 22.4. The van der Waals surface area contributed by atoms with Gasteiger partial charge in [0, 0.05) is 50.2 Å². The van der Waals surface area contributed by atoms with Crippen molar-refractivity contribution in [1.29, 1.82) is 0 Å². The molecule has 0 atom stereocenters. The van der Waals surface area contributed by atoms with Crippen LogP contribution in [0.3, 0.4) is 0 Å². The Morgan fingerprint density at radius 2 is 2.00 bits per heavy atom. The maximum atomic E-state index is 6.12. The Labute approximate surface area is 167 Å². The molecule has 2 fully saturated rings. The van der Waals surface area contributed by atoms with Gasteiger partial charge in [-0.05, 0) is 56.9 Å². The first-order chi connectivity index (χ1) is 13.7. The summed E-state index contributed by atoms with van der Waals surface area (Å²) in [5.41, 5.74) is 9.49. The fourth-order valence-electron chi connectivity index (χ4n) is 4.20. The molecule has 2 heterocycles. The van der Waals surface area contributed by atoms with Crippen LogP contribution in [0.25, 0.3) is 11.3 Å². The Balaban J connectivity index is 1.60. The number of methoxy groups -OCH3 is 1. The lowest BCUT2D eigenvalue weighted by molar-refractivity contribution is 0.200. The van der Waals surface area contributed by atoms with Gasteiger partial charge < -0.3 is 15.4 Å². The van der Waals surface area contributed by atoms with E-state index in [0.29, 0.717) is 18.7 Å². The molecule has 0 saturated heterocycles. The summed E-state index contributed by atoms with van der Waals surface area (Å²) in [5.74, 6) is 1.59. The number of anilines is 1. The van der Waals surface area contributed by atoms with Crippen LogP contribution < -0.4 is 10.6 Å². The highest BCUT2D eigenvalue weighted by molar-refractivity contribution is 5.62. The van der Waals surface area contributed by atoms with Gasteiger partial charge in [0.1, 0.15) is 0 Å². The zero-order valence-electron chi connectivity index (χ0n) is 17.0. The maximum Gasteiger partial charge on any atom is 0.226 e. The third-order valence-corrected chi connectivity index (χ3v) is 6.13. The minimum atomic E-state index is 0.327. The molecule has 0 aliphatic heterocycles. The molecule has 2 saturated carbocycles. The van der Waals surface area contributed by atoms with E-state index in [2.05, 4.69) is 15.0 Å². The second kappa shape index (κ2) is 8.57. The minimum Gasteiger partial charge on any atom is -0.383 e. The number of aryl methyl sites for hydroxylation is 1. The van der Waals surface area contributed by atoms with E-state index in [-0.39, 0.29) is 0 Å². The van der Waals surface area contributed by atoms with Gasteiger partial charge in [0.05, 0.1) is 18.5 Å². The first-order valence-electron chi connectivity index (χ1n) is 10.5. The average Bonchev–Trinajstić information content (AvgIpc) is 3.46. The predicted molar refractivity (Wildman–Crippen MR) is 110 cm³/mol. The van der Waals surface area contributed by atoms with Crippen LogP contribution in [0.4, 0.5) is 5.95 Å². The largest absolute Gasteiger partial charge is 0.383 e. The van der Waals surface area contributed by atoms with E-state index >= 15 is 0 Å². The van der Waals surface area contributed by atoms with Gasteiger partial charge in [-0.2, -0.15) is 5.10 Å². The second-order valence-corrected chi connectivity index (χ2v) is 8.27. The molecule has 7 nitrogen and oxygen atoms in total. The molecule has 0 unspecified atom stereocenters. The van der Waals surface area contributed by atoms with Crippen molar-refractivity contribution in [3.63, 3.8) is 0 Å². The molecule has 7 heteroatoms. The van der Waals surface area contributed by atoms with E-state index in [4.69, 9.17) is 15.5 Å². The Bertz CT molecular complexity index is 779. The van der Waals surface area contributed by atoms with Crippen molar-refractivity contribution in [2.45, 2.75) is 57.0 Å². The molecule has 0 radical (unpaired) electrons. The molecule has 28 heavy (non-hydrogen) atoms. The van der Waals surface area contributed by atoms with Crippen molar-refractivity contribution >= 4 is 5.95 Å². The topological polar surface area (TPSA) is 82.1 Å². The molecule has 0 bridgehead atoms. The maximum absolute atomic E-state index is 6.12. The Kier molecular flexibility index (Phi) is 5.92. The van der Waals surface area contributed by atoms with Gasteiger partial charge >= 0.3 is 0 Å². The van der Waals surface area contributed by atoms with Crippen LogP contribution in [0.2, 0.25) is 0 Å². The summed E-state index contributed by atoms with van der Waals surface area (Å²) in [4.78, 5) is 11.9. The standard InChI is InChI=1S/C21H32N6O/c1-26-20(13-15-3-4-15)18(14-24-26)19-9-10-23-21(25-19)27(11-12-28-2)17-7-5-16(22)6-8-17/h9-10,14-17H,3-8,11-13,22H2,1-2H3. The summed E-state index contributed by atoms with van der Waals surface area (Å²) in [6.07, 6.45) is 11.8. The molecule has 4 rings (SSSR count). The first kappa shape index (κ1) is 19.3. The number of hydrogen-bond donors (Lipinski definition) is 1. The van der Waals surface area contributed by atoms with Crippen molar-refractivity contribution < 1.29 is 4.74 Å². The lowest BCUT2D eigenvalue weighted by atomic mass is 9.91. The highest BCUT2D eigenvalue weighted by Crippen LogP contribution is 2.35. The summed E-state index contributed by atoms with van der Waals surface area (Å²) in [6.45, 7) is 1.46. The SMILES string of the molecule is COCCN(c1nccc(-c2cnn(C)c2CC2CC2)n1)C1CCC(N)CC1. The second-order valence-electron chi connectivity index (χ2n) is 8.27. The molecule has 0 amide bonds. The van der Waals surface area contributed by atoms with Crippen molar-refractivity contribution in [3.05, 3.63) is 24.2 Å². The van der Waals surface area contributed by atoms with E-state index < -0.39 is 0 Å². The van der Waals surface area contributed by atoms with Crippen LogP contribution in [-0.2, 0) is 18.2 Å². The fraction of sp³-hybridized carbons (Fsp3) is 0.667. The van der Waals surface area contributed by atoms with E-state index in [0.717, 1.165) is 61.8 Å². The van der Waals surface area contributed by atoms with E-state index in [9.17, 15) is 0 Å². The van der Waals surface area contributed by atoms with Crippen LogP contribution in [0, 0.1) is 5.92 Å². The van der Waals surface area contributed by atoms with Gasteiger partial charge in [0.25, 0.3) is 0 Å². The van der Waals surface area contributed by atoms with Gasteiger partial charge in [0.2, 0.25) is 5.95 Å². The number of ether oxygens (including phenoxy) is 1. The third kappa shape index (κ3) is 4.36. The molecule has 0 spiro atoms. The van der Waals surface area contributed by atoms with Gasteiger partial charge in [-0.3, -0.25) is 4.68 Å². The van der Waals surface area contributed by atoms with Crippen LogP contribution >= 0.6 is 0 Å². The van der Waals surface area contributed by atoms with Gasteiger partial charge in [0.15, 0.2) is 0 Å². The molecular weight excluding hydrogens is 352 g/mol. The zero-order valence-corrected chi connectivity index (χ0v) is 17.0. The molecule has 0 aromatic carbocycles. The summed E-state index contributed by atoms with van der Waals surface area (Å²) in [5, 5.41) is 4.50. The Morgan fingerprint density at radius 1 is 1.21 bits per heavy atom. The predicted octanol–water partition coefficient (Wildman–Crippen LogP) is 2.55. The molecule has 2 N–H and O–H groups in total. The first-order valence-corrected chi connectivity index (χ1v) is 10.5. The summed E-state index contributed by atoms with van der Waals surface area (Å²) < 4.78 is 7.36. The molecular formula is C21H32N6O. The van der Waals surface area contributed by atoms with Crippen molar-refractivity contribution in [3.8, 4) is 11.3 Å². The fourth-order valence-corrected chi connectivity index (χ4v) is 4.20. The number of aromatic nitrogens is 4. The third-order valence-electron chi connectivity index (χ3n) is 6.13. The monoisotopic (exact) mass is 384 g/mol. The number of hydrogen-bond acceptors (Lipinski definition) is 6. The lowest BCUT2D eigenvalue weighted by Gasteiger charge is -2.36. The molecule has 2 aliphatic rings. The summed E-state index contributed by atoms with van der Waals surface area (Å²) >= 11 is 0. The lowest BCUT2D eigenvalue weighted by Crippen LogP contribution is -2.43. The Hall–Kier alpha value is -1.99. The smallest absolute Gasteiger partial charge is 0.226 e. The van der Waals surface area contributed by atoms with Crippen LogP contribution in [0.5, 0.6) is 0 Å². The molecule has 2 aliphatic carbocycles. The van der Waals surface area contributed by atoms with Crippen molar-refractivity contribution in [1.82, 2.24) is 19.7 Å². The van der Waals surface area contributed by atoms with Crippen LogP contribution in [-0.4, -0.2) is 52.1 Å². The minimum absolute atomic E-state index is 0.327. The highest BCUT2D eigenvalue weighted by Gasteiger charge is 2.28. The molecule has 152 valence electrons. The van der Waals surface area contributed by atoms with Crippen molar-refractivity contribution in [2.75, 3.05) is 25.2 Å². The van der Waals surface area contributed by atoms with Crippen LogP contribution in [0.1, 0.15) is 44.2 Å². The highest BCUT2D eigenvalue weighted by atomic mass is 16.5.